The van der Waals surface area contributed by atoms with E-state index in [4.69, 9.17) is 0 Å². The Bertz CT molecular complexity index is 509. The molecule has 18 heavy (non-hydrogen) atoms. The van der Waals surface area contributed by atoms with E-state index in [1.807, 2.05) is 23.4 Å². The normalized spacial score (nSPS) is 15.2. The third-order valence-corrected chi connectivity index (χ3v) is 3.33. The molecule has 0 saturated heterocycles. The first-order valence-corrected chi connectivity index (χ1v) is 6.63. The number of aromatic nitrogens is 4. The quantitative estimate of drug-likeness (QED) is 0.839. The van der Waals surface area contributed by atoms with Gasteiger partial charge in [-0.1, -0.05) is 0 Å². The van der Waals surface area contributed by atoms with Gasteiger partial charge in [-0.15, -0.1) is 0 Å². The summed E-state index contributed by atoms with van der Waals surface area (Å²) in [5.74, 6) is 0. The molecule has 0 aromatic carbocycles. The van der Waals surface area contributed by atoms with E-state index >= 15 is 0 Å². The minimum absolute atomic E-state index is 0.764. The lowest BCUT2D eigenvalue weighted by molar-refractivity contribution is 0.598. The van der Waals surface area contributed by atoms with E-state index in [0.717, 1.165) is 36.9 Å². The third-order valence-electron chi connectivity index (χ3n) is 3.33. The van der Waals surface area contributed by atoms with E-state index in [2.05, 4.69) is 33.1 Å². The van der Waals surface area contributed by atoms with E-state index in [9.17, 15) is 0 Å². The van der Waals surface area contributed by atoms with Crippen LogP contribution in [0.25, 0.3) is 11.3 Å². The SMILES string of the molecule is CCn1cc(-c2cncn2CCNC2CC2)cn1. The first-order chi connectivity index (χ1) is 8.86. The number of nitrogens with one attached hydrogen (secondary N) is 1. The summed E-state index contributed by atoms with van der Waals surface area (Å²) in [6, 6.07) is 0.764. The van der Waals surface area contributed by atoms with Crippen LogP contribution in [0.5, 0.6) is 0 Å². The second kappa shape index (κ2) is 4.94. The van der Waals surface area contributed by atoms with Crippen molar-refractivity contribution >= 4 is 0 Å². The van der Waals surface area contributed by atoms with Crippen LogP contribution in [0.1, 0.15) is 19.8 Å². The lowest BCUT2D eigenvalue weighted by Crippen LogP contribution is -2.21. The smallest absolute Gasteiger partial charge is 0.0951 e. The summed E-state index contributed by atoms with van der Waals surface area (Å²) in [6.45, 7) is 4.96. The molecule has 0 unspecified atom stereocenters. The number of imidazole rings is 1. The highest BCUT2D eigenvalue weighted by Crippen LogP contribution is 2.19. The van der Waals surface area contributed by atoms with Gasteiger partial charge in [0.05, 0.1) is 24.4 Å². The predicted octanol–water partition coefficient (Wildman–Crippen LogP) is 1.52. The topological polar surface area (TPSA) is 47.7 Å². The summed E-state index contributed by atoms with van der Waals surface area (Å²) < 4.78 is 4.13. The number of rotatable bonds is 6. The van der Waals surface area contributed by atoms with Crippen molar-refractivity contribution in [2.45, 2.75) is 38.9 Å². The highest BCUT2D eigenvalue weighted by molar-refractivity contribution is 5.56. The van der Waals surface area contributed by atoms with Crippen LogP contribution in [0.3, 0.4) is 0 Å². The van der Waals surface area contributed by atoms with Gasteiger partial charge in [0, 0.05) is 37.4 Å². The Morgan fingerprint density at radius 2 is 2.28 bits per heavy atom. The fourth-order valence-electron chi connectivity index (χ4n) is 2.08. The van der Waals surface area contributed by atoms with Crippen LogP contribution in [-0.2, 0) is 13.1 Å². The number of hydrogen-bond donors (Lipinski definition) is 1. The first-order valence-electron chi connectivity index (χ1n) is 6.63. The van der Waals surface area contributed by atoms with E-state index < -0.39 is 0 Å². The maximum atomic E-state index is 4.31. The monoisotopic (exact) mass is 245 g/mol. The van der Waals surface area contributed by atoms with Gasteiger partial charge in [0.25, 0.3) is 0 Å². The zero-order valence-electron chi connectivity index (χ0n) is 10.7. The van der Waals surface area contributed by atoms with Crippen LogP contribution in [-0.4, -0.2) is 31.9 Å². The molecule has 2 aromatic heterocycles. The van der Waals surface area contributed by atoms with E-state index in [-0.39, 0.29) is 0 Å². The summed E-state index contributed by atoms with van der Waals surface area (Å²) in [5, 5.41) is 7.83. The molecule has 1 N–H and O–H groups in total. The van der Waals surface area contributed by atoms with Gasteiger partial charge in [0.1, 0.15) is 0 Å². The maximum Gasteiger partial charge on any atom is 0.0951 e. The standard InChI is InChI=1S/C13H19N5/c1-2-18-9-11(7-16-18)13-8-14-10-17(13)6-5-15-12-3-4-12/h7-10,12,15H,2-6H2,1H3. The molecule has 1 saturated carbocycles. The molecular formula is C13H19N5. The Balaban J connectivity index is 1.69. The highest BCUT2D eigenvalue weighted by Gasteiger charge is 2.19. The van der Waals surface area contributed by atoms with Crippen molar-refractivity contribution in [3.8, 4) is 11.3 Å². The molecule has 1 fully saturated rings. The van der Waals surface area contributed by atoms with Gasteiger partial charge in [0.15, 0.2) is 0 Å². The second-order valence-electron chi connectivity index (χ2n) is 4.79. The average molecular weight is 245 g/mol. The van der Waals surface area contributed by atoms with Crippen molar-refractivity contribution in [3.63, 3.8) is 0 Å². The summed E-state index contributed by atoms with van der Waals surface area (Å²) in [7, 11) is 0. The second-order valence-corrected chi connectivity index (χ2v) is 4.79. The van der Waals surface area contributed by atoms with Gasteiger partial charge in [0.2, 0.25) is 0 Å². The molecule has 5 nitrogen and oxygen atoms in total. The van der Waals surface area contributed by atoms with Crippen LogP contribution in [0.2, 0.25) is 0 Å². The minimum Gasteiger partial charge on any atom is -0.329 e. The lowest BCUT2D eigenvalue weighted by Gasteiger charge is -2.07. The van der Waals surface area contributed by atoms with Crippen molar-refractivity contribution in [1.82, 2.24) is 24.6 Å². The van der Waals surface area contributed by atoms with Gasteiger partial charge < -0.3 is 9.88 Å². The molecule has 0 aliphatic heterocycles. The summed E-state index contributed by atoms with van der Waals surface area (Å²) in [6.07, 6.45) is 10.5. The Morgan fingerprint density at radius 3 is 3.00 bits per heavy atom. The molecular weight excluding hydrogens is 226 g/mol. The van der Waals surface area contributed by atoms with E-state index in [1.165, 1.54) is 12.8 Å². The van der Waals surface area contributed by atoms with Gasteiger partial charge >= 0.3 is 0 Å². The Kier molecular flexibility index (Phi) is 3.15. The van der Waals surface area contributed by atoms with Crippen molar-refractivity contribution in [1.29, 1.82) is 0 Å². The van der Waals surface area contributed by atoms with Gasteiger partial charge in [-0.2, -0.15) is 5.10 Å². The highest BCUT2D eigenvalue weighted by atomic mass is 15.3. The van der Waals surface area contributed by atoms with Crippen molar-refractivity contribution in [2.24, 2.45) is 0 Å². The van der Waals surface area contributed by atoms with E-state index in [1.54, 1.807) is 0 Å². The fourth-order valence-corrected chi connectivity index (χ4v) is 2.08. The number of nitrogens with zero attached hydrogens (tertiary/aromatic N) is 4. The van der Waals surface area contributed by atoms with Crippen molar-refractivity contribution in [2.75, 3.05) is 6.54 Å². The Hall–Kier alpha value is -1.62. The number of hydrogen-bond acceptors (Lipinski definition) is 3. The maximum absolute atomic E-state index is 4.31. The van der Waals surface area contributed by atoms with Crippen molar-refractivity contribution in [3.05, 3.63) is 24.9 Å². The predicted molar refractivity (Wildman–Crippen MR) is 70.1 cm³/mol. The molecule has 2 heterocycles. The molecule has 5 heteroatoms. The molecule has 96 valence electrons. The van der Waals surface area contributed by atoms with Crippen molar-refractivity contribution < 1.29 is 0 Å². The zero-order chi connectivity index (χ0) is 12.4. The fraction of sp³-hybridized carbons (Fsp3) is 0.538. The van der Waals surface area contributed by atoms with Crippen LogP contribution >= 0.6 is 0 Å². The largest absolute Gasteiger partial charge is 0.329 e. The molecule has 0 amide bonds. The molecule has 0 radical (unpaired) electrons. The number of aryl methyl sites for hydroxylation is 1. The molecule has 0 bridgehead atoms. The molecule has 1 aliphatic carbocycles. The van der Waals surface area contributed by atoms with Crippen LogP contribution in [0, 0.1) is 0 Å². The summed E-state index contributed by atoms with van der Waals surface area (Å²) in [4.78, 5) is 4.25. The van der Waals surface area contributed by atoms with E-state index in [0.29, 0.717) is 0 Å². The lowest BCUT2D eigenvalue weighted by atomic mass is 10.3. The summed E-state index contributed by atoms with van der Waals surface area (Å²) >= 11 is 0. The van der Waals surface area contributed by atoms with Gasteiger partial charge in [-0.05, 0) is 19.8 Å². The molecule has 3 rings (SSSR count). The Morgan fingerprint density at radius 1 is 1.39 bits per heavy atom. The van der Waals surface area contributed by atoms with Crippen LogP contribution in [0.4, 0.5) is 0 Å². The minimum atomic E-state index is 0.764. The summed E-state index contributed by atoms with van der Waals surface area (Å²) in [5.41, 5.74) is 2.29. The third kappa shape index (κ3) is 2.46. The van der Waals surface area contributed by atoms with Crippen LogP contribution < -0.4 is 5.32 Å². The first kappa shape index (κ1) is 11.5. The van der Waals surface area contributed by atoms with Crippen LogP contribution in [0.15, 0.2) is 24.9 Å². The van der Waals surface area contributed by atoms with Gasteiger partial charge in [-0.3, -0.25) is 4.68 Å². The Labute approximate surface area is 107 Å². The molecule has 0 spiro atoms. The molecule has 2 aromatic rings. The molecule has 1 aliphatic rings. The zero-order valence-corrected chi connectivity index (χ0v) is 10.7. The van der Waals surface area contributed by atoms with Gasteiger partial charge in [-0.25, -0.2) is 4.98 Å². The molecule has 0 atom stereocenters. The average Bonchev–Trinajstić information content (AvgIpc) is 2.92.